The van der Waals surface area contributed by atoms with Crippen LogP contribution in [0, 0.1) is 6.92 Å². The molecule has 0 aromatic carbocycles. The van der Waals surface area contributed by atoms with Crippen molar-refractivity contribution < 1.29 is 9.53 Å². The third-order valence-corrected chi connectivity index (χ3v) is 5.36. The number of aliphatic imine (C=N–C) groups is 1. The molecule has 2 aliphatic heterocycles. The van der Waals surface area contributed by atoms with Gasteiger partial charge in [0.15, 0.2) is 5.96 Å². The summed E-state index contributed by atoms with van der Waals surface area (Å²) in [7, 11) is 0. The fraction of sp³-hybridized carbons (Fsp3) is 0.667. The standard InChI is InChI=1S/C21H34N6O2/c1-3-22-21(23-7-6-19-5-4-18(2)24-16-19)27-10-8-25(9-11-27)17-20(28)26-12-14-29-15-13-26/h4-5,16H,3,6-15,17H2,1-2H3,(H,22,23). The van der Waals surface area contributed by atoms with Gasteiger partial charge in [-0.15, -0.1) is 0 Å². The predicted molar refractivity (Wildman–Crippen MR) is 114 cm³/mol. The van der Waals surface area contributed by atoms with Crippen molar-refractivity contribution in [3.05, 3.63) is 29.6 Å². The molecular weight excluding hydrogens is 368 g/mol. The van der Waals surface area contributed by atoms with Crippen LogP contribution in [0.4, 0.5) is 0 Å². The van der Waals surface area contributed by atoms with E-state index in [9.17, 15) is 4.79 Å². The number of amides is 1. The molecule has 0 spiro atoms. The average Bonchev–Trinajstić information content (AvgIpc) is 2.76. The minimum absolute atomic E-state index is 0.217. The highest BCUT2D eigenvalue weighted by atomic mass is 16.5. The van der Waals surface area contributed by atoms with E-state index >= 15 is 0 Å². The van der Waals surface area contributed by atoms with Crippen LogP contribution in [0.3, 0.4) is 0 Å². The van der Waals surface area contributed by atoms with Gasteiger partial charge in [-0.1, -0.05) is 6.07 Å². The van der Waals surface area contributed by atoms with Crippen LogP contribution >= 0.6 is 0 Å². The first-order valence-corrected chi connectivity index (χ1v) is 10.7. The molecule has 0 saturated carbocycles. The number of nitrogens with one attached hydrogen (secondary N) is 1. The normalized spacial score (nSPS) is 18.8. The minimum atomic E-state index is 0.217. The Morgan fingerprint density at radius 2 is 1.90 bits per heavy atom. The van der Waals surface area contributed by atoms with Crippen molar-refractivity contribution in [1.29, 1.82) is 0 Å². The van der Waals surface area contributed by atoms with Crippen LogP contribution < -0.4 is 5.32 Å². The fourth-order valence-corrected chi connectivity index (χ4v) is 3.58. The molecule has 2 saturated heterocycles. The number of morpholine rings is 1. The van der Waals surface area contributed by atoms with Crippen molar-refractivity contribution in [2.24, 2.45) is 4.99 Å². The van der Waals surface area contributed by atoms with Crippen LogP contribution in [-0.4, -0.2) is 104 Å². The molecule has 3 rings (SSSR count). The molecule has 3 heterocycles. The average molecular weight is 403 g/mol. The topological polar surface area (TPSA) is 73.3 Å². The predicted octanol–water partition coefficient (Wildman–Crippen LogP) is 0.374. The highest BCUT2D eigenvalue weighted by molar-refractivity contribution is 5.80. The quantitative estimate of drug-likeness (QED) is 0.548. The first-order valence-electron chi connectivity index (χ1n) is 10.7. The van der Waals surface area contributed by atoms with E-state index in [-0.39, 0.29) is 5.91 Å². The lowest BCUT2D eigenvalue weighted by Gasteiger charge is -2.37. The van der Waals surface area contributed by atoms with Gasteiger partial charge in [0.25, 0.3) is 0 Å². The van der Waals surface area contributed by atoms with Crippen molar-refractivity contribution in [1.82, 2.24) is 25.0 Å². The van der Waals surface area contributed by atoms with Crippen LogP contribution in [0.1, 0.15) is 18.2 Å². The monoisotopic (exact) mass is 402 g/mol. The zero-order valence-corrected chi connectivity index (χ0v) is 17.8. The van der Waals surface area contributed by atoms with E-state index in [1.165, 1.54) is 5.56 Å². The Morgan fingerprint density at radius 1 is 1.14 bits per heavy atom. The SMILES string of the molecule is CCNC(=NCCc1ccc(C)nc1)N1CCN(CC(=O)N2CCOCC2)CC1. The molecule has 1 aromatic heterocycles. The zero-order valence-electron chi connectivity index (χ0n) is 17.8. The molecule has 1 amide bonds. The van der Waals surface area contributed by atoms with Crippen LogP contribution in [0.15, 0.2) is 23.3 Å². The maximum Gasteiger partial charge on any atom is 0.236 e. The molecular formula is C21H34N6O2. The zero-order chi connectivity index (χ0) is 20.5. The van der Waals surface area contributed by atoms with E-state index in [1.807, 2.05) is 24.1 Å². The number of carbonyl (C=O) groups excluding carboxylic acids is 1. The summed E-state index contributed by atoms with van der Waals surface area (Å²) in [6.45, 7) is 12.4. The summed E-state index contributed by atoms with van der Waals surface area (Å²) in [5.41, 5.74) is 2.25. The third-order valence-electron chi connectivity index (χ3n) is 5.36. The summed E-state index contributed by atoms with van der Waals surface area (Å²) in [6.07, 6.45) is 2.82. The summed E-state index contributed by atoms with van der Waals surface area (Å²) >= 11 is 0. The number of aryl methyl sites for hydroxylation is 1. The number of ether oxygens (including phenoxy) is 1. The molecule has 0 bridgehead atoms. The van der Waals surface area contributed by atoms with Gasteiger partial charge in [-0.05, 0) is 31.9 Å². The second kappa shape index (κ2) is 11.1. The van der Waals surface area contributed by atoms with Crippen LogP contribution in [0.5, 0.6) is 0 Å². The molecule has 2 fully saturated rings. The Hall–Kier alpha value is -2.19. The van der Waals surface area contributed by atoms with Gasteiger partial charge in [0.05, 0.1) is 19.8 Å². The lowest BCUT2D eigenvalue weighted by Crippen LogP contribution is -2.55. The van der Waals surface area contributed by atoms with Gasteiger partial charge in [0.1, 0.15) is 0 Å². The Balaban J connectivity index is 1.45. The second-order valence-corrected chi connectivity index (χ2v) is 7.55. The number of piperazine rings is 1. The smallest absolute Gasteiger partial charge is 0.236 e. The van der Waals surface area contributed by atoms with E-state index in [0.29, 0.717) is 32.8 Å². The summed E-state index contributed by atoms with van der Waals surface area (Å²) in [5, 5.41) is 3.41. The molecule has 1 N–H and O–H groups in total. The number of rotatable bonds is 6. The molecule has 29 heavy (non-hydrogen) atoms. The van der Waals surface area contributed by atoms with Gasteiger partial charge < -0.3 is 19.9 Å². The summed E-state index contributed by atoms with van der Waals surface area (Å²) in [6, 6.07) is 4.16. The van der Waals surface area contributed by atoms with E-state index in [0.717, 1.165) is 57.3 Å². The Labute approximate surface area is 173 Å². The highest BCUT2D eigenvalue weighted by Gasteiger charge is 2.24. The molecule has 0 atom stereocenters. The van der Waals surface area contributed by atoms with Gasteiger partial charge >= 0.3 is 0 Å². The number of nitrogens with zero attached hydrogens (tertiary/aromatic N) is 5. The summed E-state index contributed by atoms with van der Waals surface area (Å²) < 4.78 is 5.33. The van der Waals surface area contributed by atoms with Crippen molar-refractivity contribution >= 4 is 11.9 Å². The van der Waals surface area contributed by atoms with Gasteiger partial charge in [0.2, 0.25) is 5.91 Å². The Kier molecular flexibility index (Phi) is 8.25. The first-order chi connectivity index (χ1) is 14.2. The van der Waals surface area contributed by atoms with Crippen LogP contribution in [-0.2, 0) is 16.0 Å². The number of aromatic nitrogens is 1. The van der Waals surface area contributed by atoms with Crippen molar-refractivity contribution in [2.45, 2.75) is 20.3 Å². The van der Waals surface area contributed by atoms with Crippen molar-refractivity contribution in [3.63, 3.8) is 0 Å². The van der Waals surface area contributed by atoms with E-state index in [1.54, 1.807) is 0 Å². The van der Waals surface area contributed by atoms with E-state index < -0.39 is 0 Å². The van der Waals surface area contributed by atoms with Crippen molar-refractivity contribution in [3.8, 4) is 0 Å². The van der Waals surface area contributed by atoms with Gasteiger partial charge in [-0.25, -0.2) is 0 Å². The van der Waals surface area contributed by atoms with Gasteiger partial charge in [-0.3, -0.25) is 19.7 Å². The molecule has 2 aliphatic rings. The first kappa shape index (κ1) is 21.5. The number of guanidine groups is 1. The molecule has 8 nitrogen and oxygen atoms in total. The maximum atomic E-state index is 12.5. The summed E-state index contributed by atoms with van der Waals surface area (Å²) in [5.74, 6) is 1.18. The van der Waals surface area contributed by atoms with Crippen molar-refractivity contribution in [2.75, 3.05) is 72.1 Å². The molecule has 0 unspecified atom stereocenters. The fourth-order valence-electron chi connectivity index (χ4n) is 3.58. The van der Waals surface area contributed by atoms with Crippen LogP contribution in [0.25, 0.3) is 0 Å². The molecule has 0 radical (unpaired) electrons. The Bertz CT molecular complexity index is 664. The molecule has 0 aliphatic carbocycles. The largest absolute Gasteiger partial charge is 0.378 e. The van der Waals surface area contributed by atoms with E-state index in [2.05, 4.69) is 33.1 Å². The number of pyridine rings is 1. The highest BCUT2D eigenvalue weighted by Crippen LogP contribution is 2.06. The minimum Gasteiger partial charge on any atom is -0.378 e. The third kappa shape index (κ3) is 6.68. The second-order valence-electron chi connectivity index (χ2n) is 7.55. The van der Waals surface area contributed by atoms with Gasteiger partial charge in [0, 0.05) is 64.2 Å². The van der Waals surface area contributed by atoms with Gasteiger partial charge in [-0.2, -0.15) is 0 Å². The maximum absolute atomic E-state index is 12.5. The molecule has 1 aromatic rings. The molecule has 160 valence electrons. The Morgan fingerprint density at radius 3 is 2.55 bits per heavy atom. The number of carbonyl (C=O) groups is 1. The summed E-state index contributed by atoms with van der Waals surface area (Å²) in [4.78, 5) is 28.1. The molecule has 8 heteroatoms. The van der Waals surface area contributed by atoms with E-state index in [4.69, 9.17) is 9.73 Å². The number of hydrogen-bond donors (Lipinski definition) is 1. The number of hydrogen-bond acceptors (Lipinski definition) is 5. The van der Waals surface area contributed by atoms with Crippen LogP contribution in [0.2, 0.25) is 0 Å². The lowest BCUT2D eigenvalue weighted by molar-refractivity contribution is -0.136. The lowest BCUT2D eigenvalue weighted by atomic mass is 10.2.